The van der Waals surface area contributed by atoms with E-state index in [1.165, 1.54) is 76.6 Å². The Labute approximate surface area is 172 Å². The molecule has 0 N–H and O–H groups in total. The lowest BCUT2D eigenvalue weighted by Gasteiger charge is -2.32. The quantitative estimate of drug-likeness (QED) is 0.515. The van der Waals surface area contributed by atoms with E-state index in [1.54, 1.807) is 0 Å². The summed E-state index contributed by atoms with van der Waals surface area (Å²) in [5.74, 6) is 2.58. The molecule has 0 unspecified atom stereocenters. The van der Waals surface area contributed by atoms with Gasteiger partial charge in [-0.25, -0.2) is 0 Å². The van der Waals surface area contributed by atoms with Crippen molar-refractivity contribution >= 4 is 5.78 Å². The van der Waals surface area contributed by atoms with Crippen molar-refractivity contribution in [2.75, 3.05) is 19.6 Å². The number of aromatic nitrogens is 2. The van der Waals surface area contributed by atoms with Gasteiger partial charge in [0.05, 0.1) is 6.20 Å². The third-order valence-corrected chi connectivity index (χ3v) is 7.15. The van der Waals surface area contributed by atoms with Gasteiger partial charge in [-0.1, -0.05) is 26.2 Å². The van der Waals surface area contributed by atoms with Gasteiger partial charge in [-0.05, 0) is 88.9 Å². The van der Waals surface area contributed by atoms with Crippen LogP contribution in [0.25, 0.3) is 0 Å². The largest absolute Gasteiger partial charge is 0.303 e. The zero-order chi connectivity index (χ0) is 19.8. The van der Waals surface area contributed by atoms with E-state index < -0.39 is 0 Å². The number of Topliss-reactive ketones (excluding diaryl/α,β-unsaturated/α-hetero) is 1. The average molecular weight is 388 g/mol. The first-order chi connectivity index (χ1) is 13.6. The van der Waals surface area contributed by atoms with E-state index in [0.29, 0.717) is 11.7 Å². The van der Waals surface area contributed by atoms with Gasteiger partial charge in [0.15, 0.2) is 0 Å². The van der Waals surface area contributed by atoms with E-state index >= 15 is 0 Å². The Morgan fingerprint density at radius 1 is 1.04 bits per heavy atom. The summed E-state index contributed by atoms with van der Waals surface area (Å²) < 4.78 is 2.13. The molecule has 1 aromatic rings. The number of carbonyl (C=O) groups is 1. The molecule has 0 bridgehead atoms. The van der Waals surface area contributed by atoms with Crippen LogP contribution in [0.4, 0.5) is 0 Å². The van der Waals surface area contributed by atoms with Crippen LogP contribution in [0.2, 0.25) is 0 Å². The monoisotopic (exact) mass is 387 g/mol. The second kappa shape index (κ2) is 11.1. The number of hydrogen-bond acceptors (Lipinski definition) is 3. The second-order valence-corrected chi connectivity index (χ2v) is 9.41. The summed E-state index contributed by atoms with van der Waals surface area (Å²) in [6, 6.07) is 0. The number of ketones is 1. The fraction of sp³-hybridized carbons (Fsp3) is 0.833. The summed E-state index contributed by atoms with van der Waals surface area (Å²) in [6.07, 6.45) is 17.9. The summed E-state index contributed by atoms with van der Waals surface area (Å²) in [5.41, 5.74) is 1.26. The van der Waals surface area contributed by atoms with Gasteiger partial charge in [0.1, 0.15) is 5.78 Å². The molecule has 1 saturated heterocycles. The highest BCUT2D eigenvalue weighted by Gasteiger charge is 2.25. The Morgan fingerprint density at radius 2 is 1.79 bits per heavy atom. The van der Waals surface area contributed by atoms with E-state index in [1.807, 2.05) is 13.1 Å². The van der Waals surface area contributed by atoms with Crippen molar-refractivity contribution in [3.8, 4) is 0 Å². The van der Waals surface area contributed by atoms with Crippen LogP contribution in [0.5, 0.6) is 0 Å². The van der Waals surface area contributed by atoms with Crippen LogP contribution in [0, 0.1) is 24.7 Å². The number of unbranched alkanes of at least 4 members (excludes halogenated alkanes) is 2. The summed E-state index contributed by atoms with van der Waals surface area (Å²) >= 11 is 0. The van der Waals surface area contributed by atoms with Gasteiger partial charge in [0.25, 0.3) is 0 Å². The van der Waals surface area contributed by atoms with Crippen molar-refractivity contribution in [2.45, 2.75) is 91.0 Å². The number of nitrogens with zero attached hydrogens (tertiary/aromatic N) is 3. The third-order valence-electron chi connectivity index (χ3n) is 7.15. The van der Waals surface area contributed by atoms with Crippen LogP contribution < -0.4 is 0 Å². The van der Waals surface area contributed by atoms with E-state index in [9.17, 15) is 4.79 Å². The van der Waals surface area contributed by atoms with Crippen LogP contribution in [-0.2, 0) is 11.3 Å². The molecule has 0 atom stereocenters. The topological polar surface area (TPSA) is 38.1 Å². The zero-order valence-corrected chi connectivity index (χ0v) is 18.2. The van der Waals surface area contributed by atoms with E-state index in [2.05, 4.69) is 27.8 Å². The molecule has 0 radical (unpaired) electrons. The highest BCUT2D eigenvalue weighted by molar-refractivity contribution is 5.80. The summed E-state index contributed by atoms with van der Waals surface area (Å²) in [4.78, 5) is 14.5. The maximum Gasteiger partial charge on any atom is 0.135 e. The van der Waals surface area contributed by atoms with Crippen molar-refractivity contribution in [3.63, 3.8) is 0 Å². The number of carbonyl (C=O) groups excluding carboxylic acids is 1. The molecular formula is C24H41N3O. The first-order valence-electron chi connectivity index (χ1n) is 11.9. The average Bonchev–Trinajstić information content (AvgIpc) is 3.13. The van der Waals surface area contributed by atoms with Gasteiger partial charge < -0.3 is 4.90 Å². The second-order valence-electron chi connectivity index (χ2n) is 9.41. The van der Waals surface area contributed by atoms with Gasteiger partial charge in [-0.2, -0.15) is 5.10 Å². The Hall–Kier alpha value is -1.16. The molecule has 4 heteroatoms. The molecule has 0 aromatic carbocycles. The van der Waals surface area contributed by atoms with Gasteiger partial charge in [-0.15, -0.1) is 0 Å². The zero-order valence-electron chi connectivity index (χ0n) is 18.2. The van der Waals surface area contributed by atoms with Crippen molar-refractivity contribution in [1.82, 2.24) is 14.7 Å². The summed E-state index contributed by atoms with van der Waals surface area (Å²) in [5, 5.41) is 4.44. The van der Waals surface area contributed by atoms with Crippen molar-refractivity contribution in [2.24, 2.45) is 17.8 Å². The number of piperidine rings is 1. The van der Waals surface area contributed by atoms with Crippen LogP contribution in [0.3, 0.4) is 0 Å². The van der Waals surface area contributed by atoms with E-state index in [0.717, 1.165) is 37.6 Å². The molecule has 1 aliphatic carbocycles. The Kier molecular flexibility index (Phi) is 8.57. The first kappa shape index (κ1) is 21.5. The minimum absolute atomic E-state index is 0.390. The summed E-state index contributed by atoms with van der Waals surface area (Å²) in [6.45, 7) is 9.03. The molecule has 4 nitrogen and oxygen atoms in total. The van der Waals surface area contributed by atoms with Gasteiger partial charge in [0.2, 0.25) is 0 Å². The molecule has 1 aliphatic heterocycles. The van der Waals surface area contributed by atoms with E-state index in [4.69, 9.17) is 0 Å². The molecule has 3 rings (SSSR count). The molecule has 28 heavy (non-hydrogen) atoms. The van der Waals surface area contributed by atoms with Crippen molar-refractivity contribution in [3.05, 3.63) is 18.0 Å². The van der Waals surface area contributed by atoms with Crippen LogP contribution in [-0.4, -0.2) is 40.1 Å². The molecule has 1 saturated carbocycles. The molecular weight excluding hydrogens is 346 g/mol. The Morgan fingerprint density at radius 3 is 2.43 bits per heavy atom. The molecule has 2 aliphatic rings. The Bertz CT molecular complexity index is 580. The fourth-order valence-corrected chi connectivity index (χ4v) is 5.23. The van der Waals surface area contributed by atoms with Gasteiger partial charge in [0, 0.05) is 25.1 Å². The maximum absolute atomic E-state index is 11.8. The van der Waals surface area contributed by atoms with Crippen LogP contribution in [0.15, 0.2) is 12.4 Å². The maximum atomic E-state index is 11.8. The van der Waals surface area contributed by atoms with Crippen molar-refractivity contribution < 1.29 is 4.79 Å². The molecule has 1 aromatic heterocycles. The molecule has 2 heterocycles. The minimum Gasteiger partial charge on any atom is -0.303 e. The predicted molar refractivity (Wildman–Crippen MR) is 115 cm³/mol. The first-order valence-corrected chi connectivity index (χ1v) is 11.9. The van der Waals surface area contributed by atoms with Crippen LogP contribution in [0.1, 0.15) is 83.1 Å². The molecule has 0 spiro atoms. The normalized spacial score (nSPS) is 24.5. The standard InChI is InChI=1S/C24H41N3O/c1-3-24(28)23-10-8-21(9-11-23)7-5-4-6-14-26-15-12-22(13-16-26)19-27-18-20(2)17-25-27/h17-18,21-23H,3-16,19H2,1-2H3. The highest BCUT2D eigenvalue weighted by atomic mass is 16.1. The van der Waals surface area contributed by atoms with E-state index in [-0.39, 0.29) is 0 Å². The SMILES string of the molecule is CCC(=O)C1CCC(CCCCCN2CCC(Cn3cc(C)cn3)CC2)CC1. The smallest absolute Gasteiger partial charge is 0.135 e. The minimum atomic E-state index is 0.390. The third kappa shape index (κ3) is 6.72. The Balaban J connectivity index is 1.20. The number of likely N-dealkylation sites (tertiary alicyclic amines) is 1. The summed E-state index contributed by atoms with van der Waals surface area (Å²) in [7, 11) is 0. The highest BCUT2D eigenvalue weighted by Crippen LogP contribution is 2.33. The molecule has 0 amide bonds. The number of hydrogen-bond donors (Lipinski definition) is 0. The van der Waals surface area contributed by atoms with Crippen molar-refractivity contribution in [1.29, 1.82) is 0 Å². The van der Waals surface area contributed by atoms with Gasteiger partial charge >= 0.3 is 0 Å². The number of rotatable bonds is 10. The lowest BCUT2D eigenvalue weighted by atomic mass is 9.78. The molecule has 2 fully saturated rings. The molecule has 158 valence electrons. The predicted octanol–water partition coefficient (Wildman–Crippen LogP) is 5.25. The van der Waals surface area contributed by atoms with Gasteiger partial charge in [-0.3, -0.25) is 9.48 Å². The lowest BCUT2D eigenvalue weighted by Crippen LogP contribution is -2.35. The van der Waals surface area contributed by atoms with Crippen LogP contribution >= 0.6 is 0 Å². The number of aryl methyl sites for hydroxylation is 1. The fourth-order valence-electron chi connectivity index (χ4n) is 5.23. The lowest BCUT2D eigenvalue weighted by molar-refractivity contribution is -0.123.